The molecule has 0 aromatic heterocycles. The predicted octanol–water partition coefficient (Wildman–Crippen LogP) is 8.25. The first-order valence-electron chi connectivity index (χ1n) is 13.3. The van der Waals surface area contributed by atoms with E-state index in [2.05, 4.69) is 56.1 Å². The van der Waals surface area contributed by atoms with Gasteiger partial charge in [-0.05, 0) is 110 Å². The molecule has 5 unspecified atom stereocenters. The highest BCUT2D eigenvalue weighted by Gasteiger charge is 2.60. The van der Waals surface area contributed by atoms with Crippen molar-refractivity contribution in [1.82, 2.24) is 0 Å². The second-order valence-corrected chi connectivity index (χ2v) is 12.7. The van der Waals surface area contributed by atoms with Crippen LogP contribution in [0, 0.1) is 52.3 Å². The highest BCUT2D eigenvalue weighted by atomic mass is 32.2. The first-order valence-corrected chi connectivity index (χ1v) is 14.0. The van der Waals surface area contributed by atoms with E-state index in [-0.39, 0.29) is 6.10 Å². The molecular formula is C27H46O4S. The normalized spacial score (nSPS) is 45.8. The maximum absolute atomic E-state index is 8.34. The Morgan fingerprint density at radius 1 is 0.969 bits per heavy atom. The fourth-order valence-corrected chi connectivity index (χ4v) is 9.27. The summed E-state index contributed by atoms with van der Waals surface area (Å²) in [5.41, 5.74) is 0.991. The molecule has 0 aromatic carbocycles. The van der Waals surface area contributed by atoms with Crippen LogP contribution in [0.25, 0.3) is 0 Å². The standard InChI is InChI=1S/C27H46O4S/c1-6-18(2)7-8-19(3)23-11-12-24-22-10-9-20-17-21(29-32-31-30-28)13-15-26(20,4)25(22)14-16-27(23,24)5/h7-8,18-25,28H,6,9-17H2,1-5H3/b8-7+/t18-,19?,20?,21+,22+,23?,24?,25?,26+,27-/m1/s1. The summed E-state index contributed by atoms with van der Waals surface area (Å²) in [6, 6.07) is 0. The lowest BCUT2D eigenvalue weighted by atomic mass is 9.44. The summed E-state index contributed by atoms with van der Waals surface area (Å²) < 4.78 is 10.2. The molecule has 4 aliphatic rings. The number of rotatable bonds is 8. The molecule has 4 saturated carbocycles. The molecule has 0 radical (unpaired) electrons. The van der Waals surface area contributed by atoms with Gasteiger partial charge in [-0.3, -0.25) is 4.18 Å². The van der Waals surface area contributed by atoms with Crippen LogP contribution in [0.3, 0.4) is 0 Å². The smallest absolute Gasteiger partial charge is 0.197 e. The molecular weight excluding hydrogens is 420 g/mol. The number of hydrogen-bond donors (Lipinski definition) is 1. The van der Waals surface area contributed by atoms with Crippen molar-refractivity contribution in [3.8, 4) is 0 Å². The van der Waals surface area contributed by atoms with Gasteiger partial charge in [0.1, 0.15) is 0 Å². The van der Waals surface area contributed by atoms with Crippen LogP contribution in [-0.4, -0.2) is 11.4 Å². The summed E-state index contributed by atoms with van der Waals surface area (Å²) >= 11 is 0.765. The second kappa shape index (κ2) is 10.3. The summed E-state index contributed by atoms with van der Waals surface area (Å²) in [7, 11) is 0. The molecule has 0 heterocycles. The molecule has 0 saturated heterocycles. The largest absolute Gasteiger partial charge is 0.286 e. The fourth-order valence-electron chi connectivity index (χ4n) is 8.93. The number of allylic oxidation sites excluding steroid dienone is 2. The van der Waals surface area contributed by atoms with Gasteiger partial charge in [-0.2, -0.15) is 0 Å². The summed E-state index contributed by atoms with van der Waals surface area (Å²) in [5.74, 6) is 5.74. The predicted molar refractivity (Wildman–Crippen MR) is 130 cm³/mol. The quantitative estimate of drug-likeness (QED) is 0.128. The zero-order valence-electron chi connectivity index (χ0n) is 20.9. The average molecular weight is 467 g/mol. The molecule has 32 heavy (non-hydrogen) atoms. The molecule has 0 aliphatic heterocycles. The van der Waals surface area contributed by atoms with Crippen LogP contribution in [0.15, 0.2) is 12.2 Å². The lowest BCUT2D eigenvalue weighted by Crippen LogP contribution is -2.54. The van der Waals surface area contributed by atoms with Crippen molar-refractivity contribution < 1.29 is 18.8 Å². The van der Waals surface area contributed by atoms with Gasteiger partial charge in [0.15, 0.2) is 12.3 Å². The van der Waals surface area contributed by atoms with E-state index in [4.69, 9.17) is 9.44 Å². The van der Waals surface area contributed by atoms with Gasteiger partial charge in [0.05, 0.1) is 6.10 Å². The maximum atomic E-state index is 8.34. The Kier molecular flexibility index (Phi) is 8.04. The summed E-state index contributed by atoms with van der Waals surface area (Å²) in [6.45, 7) is 12.4. The Morgan fingerprint density at radius 3 is 2.47 bits per heavy atom. The lowest BCUT2D eigenvalue weighted by molar-refractivity contribution is -0.434. The molecule has 4 nitrogen and oxygen atoms in total. The van der Waals surface area contributed by atoms with E-state index in [1.165, 1.54) is 51.4 Å². The van der Waals surface area contributed by atoms with E-state index < -0.39 is 0 Å². The molecule has 10 atom stereocenters. The first kappa shape index (κ1) is 25.0. The third-order valence-corrected chi connectivity index (χ3v) is 11.4. The van der Waals surface area contributed by atoms with Crippen molar-refractivity contribution in [3.63, 3.8) is 0 Å². The van der Waals surface area contributed by atoms with Crippen molar-refractivity contribution in [1.29, 1.82) is 0 Å². The Balaban J connectivity index is 1.43. The molecule has 5 heteroatoms. The van der Waals surface area contributed by atoms with Gasteiger partial charge >= 0.3 is 0 Å². The maximum Gasteiger partial charge on any atom is 0.197 e. The molecule has 1 N–H and O–H groups in total. The molecule has 4 rings (SSSR count). The number of fused-ring (bicyclic) bond motifs is 5. The third-order valence-electron chi connectivity index (χ3n) is 10.9. The molecule has 184 valence electrons. The first-order chi connectivity index (χ1) is 15.3. The van der Waals surface area contributed by atoms with Gasteiger partial charge in [-0.15, -0.1) is 4.33 Å². The van der Waals surface area contributed by atoms with Crippen LogP contribution in [0.2, 0.25) is 0 Å². The van der Waals surface area contributed by atoms with Crippen molar-refractivity contribution in [2.75, 3.05) is 0 Å². The van der Waals surface area contributed by atoms with E-state index in [0.717, 1.165) is 54.8 Å². The number of hydrogen-bond acceptors (Lipinski definition) is 5. The van der Waals surface area contributed by atoms with Crippen LogP contribution in [-0.2, 0) is 13.6 Å². The second-order valence-electron chi connectivity index (χ2n) is 12.2. The van der Waals surface area contributed by atoms with Gasteiger partial charge in [0, 0.05) is 0 Å². The van der Waals surface area contributed by atoms with Crippen molar-refractivity contribution in [3.05, 3.63) is 12.2 Å². The van der Waals surface area contributed by atoms with Crippen LogP contribution in [0.1, 0.15) is 98.8 Å². The zero-order chi connectivity index (χ0) is 22.9. The Bertz CT molecular complexity index is 656. The third kappa shape index (κ3) is 4.58. The van der Waals surface area contributed by atoms with E-state index >= 15 is 0 Å². The van der Waals surface area contributed by atoms with Crippen molar-refractivity contribution in [2.24, 2.45) is 52.3 Å². The monoisotopic (exact) mass is 466 g/mol. The van der Waals surface area contributed by atoms with Crippen LogP contribution < -0.4 is 0 Å². The molecule has 4 aliphatic carbocycles. The van der Waals surface area contributed by atoms with E-state index in [9.17, 15) is 0 Å². The molecule has 0 spiro atoms. The highest BCUT2D eigenvalue weighted by molar-refractivity contribution is 7.89. The van der Waals surface area contributed by atoms with Crippen LogP contribution in [0.5, 0.6) is 0 Å². The summed E-state index contributed by atoms with van der Waals surface area (Å²) in [6.07, 6.45) is 18.4. The van der Waals surface area contributed by atoms with Crippen molar-refractivity contribution in [2.45, 2.75) is 105 Å². The zero-order valence-corrected chi connectivity index (χ0v) is 21.7. The topological polar surface area (TPSA) is 47.9 Å². The van der Waals surface area contributed by atoms with Gasteiger partial charge in [-0.25, -0.2) is 5.26 Å². The Labute approximate surface area is 200 Å². The highest BCUT2D eigenvalue weighted by Crippen LogP contribution is 2.68. The molecule has 0 amide bonds. The van der Waals surface area contributed by atoms with E-state index in [0.29, 0.717) is 22.7 Å². The van der Waals surface area contributed by atoms with E-state index in [1.807, 2.05) is 0 Å². The van der Waals surface area contributed by atoms with Crippen LogP contribution in [0.4, 0.5) is 0 Å². The Hall–Kier alpha value is -0.0700. The lowest BCUT2D eigenvalue weighted by Gasteiger charge is -2.61. The minimum atomic E-state index is 0.202. The van der Waals surface area contributed by atoms with Crippen molar-refractivity contribution >= 4 is 12.3 Å². The fraction of sp³-hybridized carbons (Fsp3) is 0.926. The minimum Gasteiger partial charge on any atom is -0.286 e. The molecule has 0 aromatic rings. The van der Waals surface area contributed by atoms with Gasteiger partial charge < -0.3 is 0 Å². The SMILES string of the molecule is CC[C@@H](C)/C=C/C(C)C1CCC2[C@@H]3CCC4C[C@@H](OSOOO)CC[C@]4(C)C3CC[C@]12C. The average Bonchev–Trinajstić information content (AvgIpc) is 3.14. The summed E-state index contributed by atoms with van der Waals surface area (Å²) in [4.78, 5) is 0. The van der Waals surface area contributed by atoms with E-state index in [1.54, 1.807) is 0 Å². The summed E-state index contributed by atoms with van der Waals surface area (Å²) in [5, 5.41) is 12.0. The van der Waals surface area contributed by atoms with Crippen LogP contribution >= 0.6 is 12.3 Å². The van der Waals surface area contributed by atoms with Gasteiger partial charge in [0.2, 0.25) is 0 Å². The van der Waals surface area contributed by atoms with Gasteiger partial charge in [0.25, 0.3) is 0 Å². The minimum absolute atomic E-state index is 0.202. The van der Waals surface area contributed by atoms with Gasteiger partial charge in [-0.1, -0.05) is 58.2 Å². The Morgan fingerprint density at radius 2 is 1.72 bits per heavy atom. The molecule has 4 fully saturated rings. The molecule has 0 bridgehead atoms.